The van der Waals surface area contributed by atoms with Gasteiger partial charge in [0.25, 0.3) is 15.9 Å². The Labute approximate surface area is 190 Å². The van der Waals surface area contributed by atoms with Gasteiger partial charge in [0.2, 0.25) is 0 Å². The van der Waals surface area contributed by atoms with Gasteiger partial charge in [-0.05, 0) is 60.9 Å². The van der Waals surface area contributed by atoms with Crippen LogP contribution in [0.4, 0.5) is 11.4 Å². The number of carbonyl (C=O) groups is 1. The molecule has 1 aliphatic rings. The summed E-state index contributed by atoms with van der Waals surface area (Å²) in [6.07, 6.45) is 1.35. The van der Waals surface area contributed by atoms with Crippen molar-refractivity contribution in [3.8, 4) is 0 Å². The Kier molecular flexibility index (Phi) is 5.22. The first-order chi connectivity index (χ1) is 15.9. The molecule has 1 aromatic heterocycles. The second-order valence-electron chi connectivity index (χ2n) is 7.76. The fraction of sp³-hybridized carbons (Fsp3) is 0.120. The Morgan fingerprint density at radius 3 is 2.52 bits per heavy atom. The maximum absolute atomic E-state index is 13.2. The van der Waals surface area contributed by atoms with E-state index >= 15 is 0 Å². The summed E-state index contributed by atoms with van der Waals surface area (Å²) in [6.45, 7) is 0.387. The van der Waals surface area contributed by atoms with E-state index in [0.29, 0.717) is 41.7 Å². The lowest BCUT2D eigenvalue weighted by Crippen LogP contribution is -2.35. The first kappa shape index (κ1) is 21.0. The maximum Gasteiger partial charge on any atom is 0.291 e. The Balaban J connectivity index is 1.43. The van der Waals surface area contributed by atoms with Gasteiger partial charge in [-0.3, -0.25) is 13.9 Å². The van der Waals surface area contributed by atoms with Crippen LogP contribution in [0.15, 0.2) is 93.0 Å². The van der Waals surface area contributed by atoms with E-state index < -0.39 is 15.9 Å². The molecule has 4 aromatic rings. The Morgan fingerprint density at radius 1 is 0.939 bits per heavy atom. The molecule has 0 bridgehead atoms. The molecule has 0 saturated heterocycles. The number of anilines is 2. The number of benzene rings is 3. The van der Waals surface area contributed by atoms with Gasteiger partial charge in [-0.25, -0.2) is 8.42 Å². The van der Waals surface area contributed by atoms with Crippen LogP contribution < -0.4 is 15.1 Å². The van der Waals surface area contributed by atoms with E-state index in [0.717, 1.165) is 5.56 Å². The van der Waals surface area contributed by atoms with Crippen molar-refractivity contribution in [2.45, 2.75) is 17.7 Å². The van der Waals surface area contributed by atoms with Crippen molar-refractivity contribution < 1.29 is 17.6 Å². The fourth-order valence-corrected chi connectivity index (χ4v) is 5.58. The third-order valence-electron chi connectivity index (χ3n) is 5.60. The molecule has 1 aliphatic heterocycles. The Hall–Kier alpha value is -3.91. The third kappa shape index (κ3) is 3.89. The van der Waals surface area contributed by atoms with Crippen molar-refractivity contribution >= 4 is 38.3 Å². The molecule has 3 aromatic carbocycles. The summed E-state index contributed by atoms with van der Waals surface area (Å²) in [6, 6.07) is 21.3. The van der Waals surface area contributed by atoms with Crippen LogP contribution in [0.2, 0.25) is 0 Å². The van der Waals surface area contributed by atoms with Gasteiger partial charge in [0.05, 0.1) is 16.0 Å². The molecule has 0 aliphatic carbocycles. The molecule has 0 fully saturated rings. The minimum absolute atomic E-state index is 0.0929. The quantitative estimate of drug-likeness (QED) is 0.493. The molecule has 166 valence electrons. The normalized spacial score (nSPS) is 13.5. The van der Waals surface area contributed by atoms with Crippen LogP contribution in [0.25, 0.3) is 11.0 Å². The minimum Gasteiger partial charge on any atom is -0.451 e. The van der Waals surface area contributed by atoms with Gasteiger partial charge >= 0.3 is 0 Å². The van der Waals surface area contributed by atoms with Gasteiger partial charge in [0.1, 0.15) is 5.58 Å². The SMILES string of the molecule is O=C(Nc1ccc2c(c1)CCCN2S(=O)(=O)c1ccccc1)c1cc(=O)c2ccccc2o1. The van der Waals surface area contributed by atoms with Gasteiger partial charge in [-0.15, -0.1) is 0 Å². The Morgan fingerprint density at radius 2 is 1.70 bits per heavy atom. The highest BCUT2D eigenvalue weighted by atomic mass is 32.2. The first-order valence-electron chi connectivity index (χ1n) is 10.5. The molecular formula is C25H20N2O5S. The van der Waals surface area contributed by atoms with Crippen LogP contribution in [-0.4, -0.2) is 20.9 Å². The predicted molar refractivity (Wildman–Crippen MR) is 126 cm³/mol. The molecule has 0 spiro atoms. The highest BCUT2D eigenvalue weighted by Gasteiger charge is 2.29. The Bertz CT molecular complexity index is 1530. The zero-order valence-electron chi connectivity index (χ0n) is 17.5. The zero-order chi connectivity index (χ0) is 23.0. The van der Waals surface area contributed by atoms with Crippen molar-refractivity contribution in [1.29, 1.82) is 0 Å². The van der Waals surface area contributed by atoms with Crippen molar-refractivity contribution in [3.63, 3.8) is 0 Å². The molecule has 7 nitrogen and oxygen atoms in total. The summed E-state index contributed by atoms with van der Waals surface area (Å²) in [5.74, 6) is -0.646. The first-order valence-corrected chi connectivity index (χ1v) is 11.9. The number of rotatable bonds is 4. The van der Waals surface area contributed by atoms with E-state index in [1.807, 2.05) is 0 Å². The summed E-state index contributed by atoms with van der Waals surface area (Å²) in [7, 11) is -3.68. The summed E-state index contributed by atoms with van der Waals surface area (Å²) < 4.78 is 33.3. The van der Waals surface area contributed by atoms with E-state index in [9.17, 15) is 18.0 Å². The average Bonchev–Trinajstić information content (AvgIpc) is 2.84. The minimum atomic E-state index is -3.68. The molecule has 8 heteroatoms. The fourth-order valence-electron chi connectivity index (χ4n) is 4.02. The van der Waals surface area contributed by atoms with Gasteiger partial charge in [-0.1, -0.05) is 30.3 Å². The topological polar surface area (TPSA) is 96.7 Å². The van der Waals surface area contributed by atoms with Gasteiger partial charge in [0.15, 0.2) is 11.2 Å². The second-order valence-corrected chi connectivity index (χ2v) is 9.62. The number of sulfonamides is 1. The number of aryl methyl sites for hydroxylation is 1. The molecule has 1 N–H and O–H groups in total. The molecule has 0 saturated carbocycles. The number of amides is 1. The van der Waals surface area contributed by atoms with Crippen molar-refractivity contribution in [2.75, 3.05) is 16.2 Å². The number of carbonyl (C=O) groups excluding carboxylic acids is 1. The molecule has 0 atom stereocenters. The molecule has 33 heavy (non-hydrogen) atoms. The molecule has 0 unspecified atom stereocenters. The lowest BCUT2D eigenvalue weighted by Gasteiger charge is -2.30. The smallest absolute Gasteiger partial charge is 0.291 e. The van der Waals surface area contributed by atoms with Crippen LogP contribution in [-0.2, 0) is 16.4 Å². The summed E-state index contributed by atoms with van der Waals surface area (Å²) in [5, 5.41) is 3.15. The highest BCUT2D eigenvalue weighted by Crippen LogP contribution is 2.33. The summed E-state index contributed by atoms with van der Waals surface area (Å²) in [4.78, 5) is 25.3. The van der Waals surface area contributed by atoms with E-state index in [2.05, 4.69) is 5.32 Å². The maximum atomic E-state index is 13.2. The van der Waals surface area contributed by atoms with Gasteiger partial charge in [0, 0.05) is 18.3 Å². The van der Waals surface area contributed by atoms with Crippen molar-refractivity contribution in [3.05, 3.63) is 100 Å². The second kappa shape index (κ2) is 8.22. The van der Waals surface area contributed by atoms with E-state index in [1.165, 1.54) is 10.4 Å². The number of nitrogens with one attached hydrogen (secondary N) is 1. The van der Waals surface area contributed by atoms with Crippen LogP contribution in [0.3, 0.4) is 0 Å². The van der Waals surface area contributed by atoms with E-state index in [1.54, 1.807) is 72.8 Å². The van der Waals surface area contributed by atoms with Crippen LogP contribution in [0, 0.1) is 0 Å². The molecule has 5 rings (SSSR count). The number of fused-ring (bicyclic) bond motifs is 2. The predicted octanol–water partition coefficient (Wildman–Crippen LogP) is 4.19. The summed E-state index contributed by atoms with van der Waals surface area (Å²) >= 11 is 0. The zero-order valence-corrected chi connectivity index (χ0v) is 18.3. The number of hydrogen-bond donors (Lipinski definition) is 1. The lowest BCUT2D eigenvalue weighted by atomic mass is 10.0. The molecule has 2 heterocycles. The van der Waals surface area contributed by atoms with E-state index in [4.69, 9.17) is 4.42 Å². The third-order valence-corrected chi connectivity index (χ3v) is 7.43. The molecule has 0 radical (unpaired) electrons. The summed E-state index contributed by atoms with van der Waals surface area (Å²) in [5.41, 5.74) is 1.95. The number of hydrogen-bond acceptors (Lipinski definition) is 5. The van der Waals surface area contributed by atoms with Gasteiger partial charge in [-0.2, -0.15) is 0 Å². The standard InChI is InChI=1S/C25H20N2O5S/c28-22-16-24(32-23-11-5-4-10-20(22)23)25(29)26-18-12-13-21-17(15-18)7-6-14-27(21)33(30,31)19-8-2-1-3-9-19/h1-5,8-13,15-16H,6-7,14H2,(H,26,29). The van der Waals surface area contributed by atoms with Crippen molar-refractivity contribution in [2.24, 2.45) is 0 Å². The van der Waals surface area contributed by atoms with Crippen LogP contribution >= 0.6 is 0 Å². The monoisotopic (exact) mass is 460 g/mol. The highest BCUT2D eigenvalue weighted by molar-refractivity contribution is 7.92. The lowest BCUT2D eigenvalue weighted by molar-refractivity contribution is 0.0997. The number of nitrogens with zero attached hydrogens (tertiary/aromatic N) is 1. The van der Waals surface area contributed by atoms with Crippen LogP contribution in [0.1, 0.15) is 22.5 Å². The van der Waals surface area contributed by atoms with Crippen molar-refractivity contribution in [1.82, 2.24) is 0 Å². The van der Waals surface area contributed by atoms with E-state index in [-0.39, 0.29) is 16.1 Å². The largest absolute Gasteiger partial charge is 0.451 e. The van der Waals surface area contributed by atoms with Crippen LogP contribution in [0.5, 0.6) is 0 Å². The molecule has 1 amide bonds. The average molecular weight is 461 g/mol. The molecular weight excluding hydrogens is 440 g/mol. The number of para-hydroxylation sites is 1. The van der Waals surface area contributed by atoms with Gasteiger partial charge < -0.3 is 9.73 Å².